The molecule has 0 unspecified atom stereocenters. The molecule has 0 bridgehead atoms. The summed E-state index contributed by atoms with van der Waals surface area (Å²) in [7, 11) is 0. The van der Waals surface area contributed by atoms with Crippen molar-refractivity contribution in [1.82, 2.24) is 5.32 Å². The highest BCUT2D eigenvalue weighted by Gasteiger charge is 2.34. The van der Waals surface area contributed by atoms with Crippen molar-refractivity contribution in [2.75, 3.05) is 18.0 Å². The van der Waals surface area contributed by atoms with E-state index >= 15 is 0 Å². The molecule has 2 rings (SSSR count). The van der Waals surface area contributed by atoms with Gasteiger partial charge in [-0.1, -0.05) is 32.0 Å². The van der Waals surface area contributed by atoms with E-state index in [9.17, 15) is 9.59 Å². The van der Waals surface area contributed by atoms with Gasteiger partial charge in [-0.3, -0.25) is 9.59 Å². The smallest absolute Gasteiger partial charge is 0.227 e. The SMILES string of the molecule is CC(C)CNC(=O)[C@H]1CC(=O)N(c2ccccc2)C1. The van der Waals surface area contributed by atoms with Crippen molar-refractivity contribution in [3.05, 3.63) is 30.3 Å². The first-order chi connectivity index (χ1) is 9.08. The second-order valence-corrected chi connectivity index (χ2v) is 5.38. The molecule has 0 radical (unpaired) electrons. The number of rotatable bonds is 4. The second kappa shape index (κ2) is 5.87. The standard InChI is InChI=1S/C15H20N2O2/c1-11(2)9-16-15(19)12-8-14(18)17(10-12)13-6-4-3-5-7-13/h3-7,11-12H,8-10H2,1-2H3,(H,16,19)/t12-/m0/s1. The lowest BCUT2D eigenvalue weighted by molar-refractivity contribution is -0.126. The number of para-hydroxylation sites is 1. The van der Waals surface area contributed by atoms with E-state index in [-0.39, 0.29) is 17.7 Å². The summed E-state index contributed by atoms with van der Waals surface area (Å²) in [5.74, 6) is 0.203. The molecule has 102 valence electrons. The molecule has 1 aromatic rings. The normalized spacial score (nSPS) is 19.0. The van der Waals surface area contributed by atoms with Crippen LogP contribution in [0.1, 0.15) is 20.3 Å². The summed E-state index contributed by atoms with van der Waals surface area (Å²) >= 11 is 0. The molecule has 1 atom stereocenters. The van der Waals surface area contributed by atoms with Crippen molar-refractivity contribution in [2.24, 2.45) is 11.8 Å². The Labute approximate surface area is 113 Å². The minimum Gasteiger partial charge on any atom is -0.356 e. The minimum absolute atomic E-state index is 0.0134. The Hall–Kier alpha value is -1.84. The van der Waals surface area contributed by atoms with Crippen LogP contribution in [0, 0.1) is 11.8 Å². The fraction of sp³-hybridized carbons (Fsp3) is 0.467. The Balaban J connectivity index is 1.98. The van der Waals surface area contributed by atoms with Crippen molar-refractivity contribution in [3.63, 3.8) is 0 Å². The third-order valence-electron chi connectivity index (χ3n) is 3.25. The van der Waals surface area contributed by atoms with Crippen LogP contribution in [0.3, 0.4) is 0 Å². The van der Waals surface area contributed by atoms with Gasteiger partial charge in [0.15, 0.2) is 0 Å². The van der Waals surface area contributed by atoms with E-state index in [1.165, 1.54) is 0 Å². The van der Waals surface area contributed by atoms with E-state index in [0.29, 0.717) is 25.4 Å². The first kappa shape index (κ1) is 13.6. The lowest BCUT2D eigenvalue weighted by Gasteiger charge is -2.16. The average molecular weight is 260 g/mol. The maximum atomic E-state index is 12.0. The average Bonchev–Trinajstić information content (AvgIpc) is 2.79. The Morgan fingerprint density at radius 1 is 1.37 bits per heavy atom. The molecule has 0 aliphatic carbocycles. The Morgan fingerprint density at radius 2 is 2.05 bits per heavy atom. The molecule has 0 saturated carbocycles. The number of hydrogen-bond donors (Lipinski definition) is 1. The summed E-state index contributed by atoms with van der Waals surface area (Å²) in [6, 6.07) is 9.50. The third-order valence-corrected chi connectivity index (χ3v) is 3.25. The van der Waals surface area contributed by atoms with Crippen LogP contribution >= 0.6 is 0 Å². The highest BCUT2D eigenvalue weighted by Crippen LogP contribution is 2.24. The van der Waals surface area contributed by atoms with E-state index in [4.69, 9.17) is 0 Å². The largest absolute Gasteiger partial charge is 0.356 e. The van der Waals surface area contributed by atoms with Gasteiger partial charge in [0.25, 0.3) is 0 Å². The molecule has 0 aromatic heterocycles. The van der Waals surface area contributed by atoms with Gasteiger partial charge in [-0.25, -0.2) is 0 Å². The molecule has 19 heavy (non-hydrogen) atoms. The summed E-state index contributed by atoms with van der Waals surface area (Å²) in [5.41, 5.74) is 0.867. The summed E-state index contributed by atoms with van der Waals surface area (Å²) in [6.45, 7) is 5.24. The van der Waals surface area contributed by atoms with Crippen LogP contribution in [0.15, 0.2) is 30.3 Å². The molecule has 1 fully saturated rings. The zero-order chi connectivity index (χ0) is 13.8. The topological polar surface area (TPSA) is 49.4 Å². The number of benzene rings is 1. The van der Waals surface area contributed by atoms with Crippen molar-refractivity contribution in [3.8, 4) is 0 Å². The predicted octanol–water partition coefficient (Wildman–Crippen LogP) is 1.81. The molecule has 1 aliphatic rings. The zero-order valence-corrected chi connectivity index (χ0v) is 11.4. The Bertz CT molecular complexity index is 456. The van der Waals surface area contributed by atoms with Crippen LogP contribution in [-0.2, 0) is 9.59 Å². The van der Waals surface area contributed by atoms with Crippen LogP contribution < -0.4 is 10.2 Å². The third kappa shape index (κ3) is 3.34. The molecular formula is C15H20N2O2. The number of anilines is 1. The van der Waals surface area contributed by atoms with E-state index in [0.717, 1.165) is 5.69 Å². The molecular weight excluding hydrogens is 240 g/mol. The van der Waals surface area contributed by atoms with Gasteiger partial charge in [-0.15, -0.1) is 0 Å². The van der Waals surface area contributed by atoms with Crippen LogP contribution in [0.5, 0.6) is 0 Å². The lowest BCUT2D eigenvalue weighted by atomic mass is 10.1. The highest BCUT2D eigenvalue weighted by atomic mass is 16.2. The van der Waals surface area contributed by atoms with Gasteiger partial charge in [0, 0.05) is 25.2 Å². The Morgan fingerprint density at radius 3 is 2.68 bits per heavy atom. The van der Waals surface area contributed by atoms with E-state index < -0.39 is 0 Å². The molecule has 1 aromatic carbocycles. The summed E-state index contributed by atoms with van der Waals surface area (Å²) < 4.78 is 0. The molecule has 2 amide bonds. The van der Waals surface area contributed by atoms with Crippen LogP contribution in [0.2, 0.25) is 0 Å². The monoisotopic (exact) mass is 260 g/mol. The van der Waals surface area contributed by atoms with Crippen molar-refractivity contribution < 1.29 is 9.59 Å². The maximum Gasteiger partial charge on any atom is 0.227 e. The van der Waals surface area contributed by atoms with Crippen LogP contribution in [0.25, 0.3) is 0 Å². The number of amides is 2. The first-order valence-electron chi connectivity index (χ1n) is 6.71. The number of nitrogens with zero attached hydrogens (tertiary/aromatic N) is 1. The molecule has 1 N–H and O–H groups in total. The number of carbonyl (C=O) groups is 2. The second-order valence-electron chi connectivity index (χ2n) is 5.38. The highest BCUT2D eigenvalue weighted by molar-refractivity contribution is 6.00. The number of hydrogen-bond acceptors (Lipinski definition) is 2. The fourth-order valence-corrected chi connectivity index (χ4v) is 2.19. The van der Waals surface area contributed by atoms with Gasteiger partial charge in [0.05, 0.1) is 5.92 Å². The van der Waals surface area contributed by atoms with Gasteiger partial charge >= 0.3 is 0 Å². The summed E-state index contributed by atoms with van der Waals surface area (Å²) in [4.78, 5) is 25.6. The molecule has 0 spiro atoms. The van der Waals surface area contributed by atoms with Gasteiger partial charge in [0.2, 0.25) is 11.8 Å². The predicted molar refractivity (Wildman–Crippen MR) is 74.7 cm³/mol. The lowest BCUT2D eigenvalue weighted by Crippen LogP contribution is -2.34. The number of nitrogens with one attached hydrogen (secondary N) is 1. The summed E-state index contributed by atoms with van der Waals surface area (Å²) in [5, 5.41) is 2.90. The summed E-state index contributed by atoms with van der Waals surface area (Å²) in [6.07, 6.45) is 0.304. The van der Waals surface area contributed by atoms with Gasteiger partial charge in [0.1, 0.15) is 0 Å². The van der Waals surface area contributed by atoms with Crippen molar-refractivity contribution in [2.45, 2.75) is 20.3 Å². The van der Waals surface area contributed by atoms with Crippen molar-refractivity contribution >= 4 is 17.5 Å². The zero-order valence-electron chi connectivity index (χ0n) is 11.4. The van der Waals surface area contributed by atoms with Crippen molar-refractivity contribution in [1.29, 1.82) is 0 Å². The van der Waals surface area contributed by atoms with E-state index in [1.54, 1.807) is 4.90 Å². The van der Waals surface area contributed by atoms with E-state index in [1.807, 2.05) is 30.3 Å². The molecule has 4 heteroatoms. The fourth-order valence-electron chi connectivity index (χ4n) is 2.19. The van der Waals surface area contributed by atoms with E-state index in [2.05, 4.69) is 19.2 Å². The van der Waals surface area contributed by atoms with Gasteiger partial charge < -0.3 is 10.2 Å². The molecule has 1 saturated heterocycles. The van der Waals surface area contributed by atoms with Gasteiger partial charge in [-0.2, -0.15) is 0 Å². The molecule has 4 nitrogen and oxygen atoms in total. The number of carbonyl (C=O) groups excluding carboxylic acids is 2. The van der Waals surface area contributed by atoms with Gasteiger partial charge in [-0.05, 0) is 18.1 Å². The minimum atomic E-state index is -0.230. The Kier molecular flexibility index (Phi) is 4.20. The maximum absolute atomic E-state index is 12.0. The molecule has 1 heterocycles. The molecule has 1 aliphatic heterocycles. The quantitative estimate of drug-likeness (QED) is 0.897. The van der Waals surface area contributed by atoms with Crippen LogP contribution in [-0.4, -0.2) is 24.9 Å². The first-order valence-corrected chi connectivity index (χ1v) is 6.71. The van der Waals surface area contributed by atoms with Crippen LogP contribution in [0.4, 0.5) is 5.69 Å².